The SMILES string of the molecule is O=C(Nc1nc2c(s1)CCCCC2)N1CCCC1c1ccccc1. The normalized spacial score (nSPS) is 20.5. The number of rotatable bonds is 2. The lowest BCUT2D eigenvalue weighted by Crippen LogP contribution is -2.34. The van der Waals surface area contributed by atoms with Crippen molar-refractivity contribution in [3.8, 4) is 0 Å². The summed E-state index contributed by atoms with van der Waals surface area (Å²) in [4.78, 5) is 20.8. The van der Waals surface area contributed by atoms with Gasteiger partial charge in [0.05, 0.1) is 11.7 Å². The molecule has 2 aliphatic rings. The van der Waals surface area contributed by atoms with E-state index in [0.717, 1.165) is 37.4 Å². The van der Waals surface area contributed by atoms with Crippen LogP contribution in [0.1, 0.15) is 54.3 Å². The minimum absolute atomic E-state index is 0.00902. The summed E-state index contributed by atoms with van der Waals surface area (Å²) in [5.41, 5.74) is 2.42. The summed E-state index contributed by atoms with van der Waals surface area (Å²) in [7, 11) is 0. The van der Waals surface area contributed by atoms with Gasteiger partial charge in [-0.2, -0.15) is 0 Å². The van der Waals surface area contributed by atoms with Gasteiger partial charge in [0.15, 0.2) is 5.13 Å². The molecule has 1 aromatic heterocycles. The van der Waals surface area contributed by atoms with Crippen LogP contribution < -0.4 is 5.32 Å². The fourth-order valence-corrected chi connectivity index (χ4v) is 4.82. The molecule has 4 nitrogen and oxygen atoms in total. The number of hydrogen-bond donors (Lipinski definition) is 1. The highest BCUT2D eigenvalue weighted by atomic mass is 32.1. The monoisotopic (exact) mass is 341 g/mol. The largest absolute Gasteiger partial charge is 0.324 e. The standard InChI is InChI=1S/C19H23N3OS/c23-19(21-18-20-15-10-5-2-6-12-17(15)24-18)22-13-7-11-16(22)14-8-3-1-4-9-14/h1,3-4,8-9,16H,2,5-7,10-13H2,(H,20,21,23). The van der Waals surface area contributed by atoms with Crippen LogP contribution in [0.25, 0.3) is 0 Å². The Labute approximate surface area is 146 Å². The number of urea groups is 1. The molecule has 1 aliphatic carbocycles. The molecule has 5 heteroatoms. The van der Waals surface area contributed by atoms with Crippen molar-refractivity contribution in [3.05, 3.63) is 46.5 Å². The predicted octanol–water partition coefficient (Wildman–Crippen LogP) is 4.78. The number of carbonyl (C=O) groups excluding carboxylic acids is 1. The summed E-state index contributed by atoms with van der Waals surface area (Å²) >= 11 is 1.66. The van der Waals surface area contributed by atoms with Crippen LogP contribution in [0.3, 0.4) is 0 Å². The van der Waals surface area contributed by atoms with Crippen LogP contribution in [0.15, 0.2) is 30.3 Å². The van der Waals surface area contributed by atoms with E-state index in [9.17, 15) is 4.79 Å². The van der Waals surface area contributed by atoms with Crippen LogP contribution in [-0.2, 0) is 12.8 Å². The van der Waals surface area contributed by atoms with Crippen LogP contribution in [0.5, 0.6) is 0 Å². The van der Waals surface area contributed by atoms with Gasteiger partial charge in [-0.1, -0.05) is 36.8 Å². The first-order valence-corrected chi connectivity index (χ1v) is 9.74. The third-order valence-corrected chi connectivity index (χ3v) is 6.08. The number of amides is 2. The molecule has 1 atom stereocenters. The Bertz CT molecular complexity index is 689. The van der Waals surface area contributed by atoms with E-state index in [0.29, 0.717) is 0 Å². The van der Waals surface area contributed by atoms with E-state index in [1.165, 1.54) is 35.4 Å². The number of nitrogens with one attached hydrogen (secondary N) is 1. The Kier molecular flexibility index (Phi) is 4.52. The lowest BCUT2D eigenvalue weighted by molar-refractivity contribution is 0.207. The van der Waals surface area contributed by atoms with E-state index in [1.54, 1.807) is 11.3 Å². The van der Waals surface area contributed by atoms with Gasteiger partial charge in [-0.15, -0.1) is 11.3 Å². The number of anilines is 1. The number of benzene rings is 1. The number of nitrogens with zero attached hydrogens (tertiary/aromatic N) is 2. The molecular weight excluding hydrogens is 318 g/mol. The molecule has 126 valence electrons. The highest BCUT2D eigenvalue weighted by Gasteiger charge is 2.30. The number of hydrogen-bond acceptors (Lipinski definition) is 3. The minimum atomic E-state index is -0.00902. The van der Waals surface area contributed by atoms with Crippen molar-refractivity contribution >= 4 is 22.5 Å². The maximum Gasteiger partial charge on any atom is 0.324 e. The predicted molar refractivity (Wildman–Crippen MR) is 97.5 cm³/mol. The molecule has 1 aliphatic heterocycles. The molecule has 0 radical (unpaired) electrons. The Morgan fingerprint density at radius 3 is 2.83 bits per heavy atom. The van der Waals surface area contributed by atoms with E-state index >= 15 is 0 Å². The fraction of sp³-hybridized carbons (Fsp3) is 0.474. The van der Waals surface area contributed by atoms with Crippen LogP contribution in [0, 0.1) is 0 Å². The Hall–Kier alpha value is -1.88. The average molecular weight is 341 g/mol. The molecule has 1 unspecified atom stereocenters. The highest BCUT2D eigenvalue weighted by molar-refractivity contribution is 7.15. The Morgan fingerprint density at radius 1 is 1.12 bits per heavy atom. The van der Waals surface area contributed by atoms with Gasteiger partial charge >= 0.3 is 6.03 Å². The van der Waals surface area contributed by atoms with Crippen LogP contribution >= 0.6 is 11.3 Å². The van der Waals surface area contributed by atoms with Crippen molar-refractivity contribution in [2.75, 3.05) is 11.9 Å². The summed E-state index contributed by atoms with van der Waals surface area (Å²) < 4.78 is 0. The lowest BCUT2D eigenvalue weighted by atomic mass is 10.1. The molecule has 0 spiro atoms. The molecule has 2 amide bonds. The highest BCUT2D eigenvalue weighted by Crippen LogP contribution is 2.33. The Morgan fingerprint density at radius 2 is 1.96 bits per heavy atom. The number of aryl methyl sites for hydroxylation is 2. The second-order valence-corrected chi connectivity index (χ2v) is 7.73. The van der Waals surface area contributed by atoms with E-state index in [2.05, 4.69) is 22.4 Å². The first-order valence-electron chi connectivity index (χ1n) is 8.92. The zero-order valence-corrected chi connectivity index (χ0v) is 14.6. The molecule has 1 saturated heterocycles. The summed E-state index contributed by atoms with van der Waals surface area (Å²) in [6, 6.07) is 10.5. The van der Waals surface area contributed by atoms with E-state index < -0.39 is 0 Å². The molecule has 1 fully saturated rings. The maximum atomic E-state index is 12.8. The first kappa shape index (κ1) is 15.6. The molecule has 2 heterocycles. The minimum Gasteiger partial charge on any atom is -0.317 e. The molecule has 1 aromatic carbocycles. The second-order valence-electron chi connectivity index (χ2n) is 6.64. The van der Waals surface area contributed by atoms with Crippen molar-refractivity contribution in [2.24, 2.45) is 0 Å². The van der Waals surface area contributed by atoms with Crippen LogP contribution in [-0.4, -0.2) is 22.5 Å². The second kappa shape index (κ2) is 6.93. The number of thiazole rings is 1. The van der Waals surface area contributed by atoms with Gasteiger partial charge < -0.3 is 4.90 Å². The van der Waals surface area contributed by atoms with Crippen molar-refractivity contribution in [1.82, 2.24) is 9.88 Å². The van der Waals surface area contributed by atoms with Crippen molar-refractivity contribution in [3.63, 3.8) is 0 Å². The number of fused-ring (bicyclic) bond motifs is 1. The smallest absolute Gasteiger partial charge is 0.317 e. The van der Waals surface area contributed by atoms with Gasteiger partial charge in [-0.05, 0) is 44.1 Å². The van der Waals surface area contributed by atoms with Gasteiger partial charge in [0.1, 0.15) is 0 Å². The molecule has 24 heavy (non-hydrogen) atoms. The molecule has 4 rings (SSSR count). The van der Waals surface area contributed by atoms with Crippen molar-refractivity contribution < 1.29 is 4.79 Å². The quantitative estimate of drug-likeness (QED) is 0.799. The van der Waals surface area contributed by atoms with Crippen LogP contribution in [0.4, 0.5) is 9.93 Å². The topological polar surface area (TPSA) is 45.2 Å². The molecular formula is C19H23N3OS. The number of carbonyl (C=O) groups is 1. The lowest BCUT2D eigenvalue weighted by Gasteiger charge is -2.24. The Balaban J connectivity index is 1.48. The summed E-state index contributed by atoms with van der Waals surface area (Å²) in [6.07, 6.45) is 8.00. The van der Waals surface area contributed by atoms with Crippen molar-refractivity contribution in [1.29, 1.82) is 0 Å². The molecule has 1 N–H and O–H groups in total. The van der Waals surface area contributed by atoms with Gasteiger partial charge in [-0.3, -0.25) is 5.32 Å². The molecule has 0 saturated carbocycles. The maximum absolute atomic E-state index is 12.8. The van der Waals surface area contributed by atoms with Gasteiger partial charge in [0.25, 0.3) is 0 Å². The van der Waals surface area contributed by atoms with Crippen molar-refractivity contribution in [2.45, 2.75) is 51.0 Å². The van der Waals surface area contributed by atoms with E-state index in [4.69, 9.17) is 0 Å². The zero-order chi connectivity index (χ0) is 16.4. The van der Waals surface area contributed by atoms with E-state index in [-0.39, 0.29) is 12.1 Å². The number of likely N-dealkylation sites (tertiary alicyclic amines) is 1. The third-order valence-electron chi connectivity index (χ3n) is 5.01. The summed E-state index contributed by atoms with van der Waals surface area (Å²) in [6.45, 7) is 0.816. The summed E-state index contributed by atoms with van der Waals surface area (Å²) in [5, 5.41) is 3.82. The molecule has 2 aromatic rings. The number of aromatic nitrogens is 1. The van der Waals surface area contributed by atoms with Gasteiger partial charge in [0, 0.05) is 11.4 Å². The zero-order valence-electron chi connectivity index (χ0n) is 13.8. The fourth-order valence-electron chi connectivity index (χ4n) is 3.78. The summed E-state index contributed by atoms with van der Waals surface area (Å²) in [5.74, 6) is 0. The molecule has 0 bridgehead atoms. The average Bonchev–Trinajstić information content (AvgIpc) is 3.18. The van der Waals surface area contributed by atoms with Gasteiger partial charge in [-0.25, -0.2) is 9.78 Å². The van der Waals surface area contributed by atoms with Crippen LogP contribution in [0.2, 0.25) is 0 Å². The van der Waals surface area contributed by atoms with Gasteiger partial charge in [0.2, 0.25) is 0 Å². The van der Waals surface area contributed by atoms with E-state index in [1.807, 2.05) is 23.1 Å². The third kappa shape index (κ3) is 3.18. The first-order chi connectivity index (χ1) is 11.8.